The van der Waals surface area contributed by atoms with Crippen LogP contribution in [0.15, 0.2) is 60.3 Å². The van der Waals surface area contributed by atoms with E-state index in [0.29, 0.717) is 28.8 Å². The summed E-state index contributed by atoms with van der Waals surface area (Å²) in [6.07, 6.45) is 1.06. The molecule has 0 bridgehead atoms. The molecular weight excluding hydrogens is 596 g/mol. The van der Waals surface area contributed by atoms with Gasteiger partial charge in [-0.3, -0.25) is 24.2 Å². The van der Waals surface area contributed by atoms with Crippen molar-refractivity contribution in [1.82, 2.24) is 25.0 Å². The highest BCUT2D eigenvalue weighted by atomic mass is 35.5. The number of ether oxygens (including phenoxy) is 1. The van der Waals surface area contributed by atoms with Gasteiger partial charge in [0, 0.05) is 68.9 Å². The van der Waals surface area contributed by atoms with Gasteiger partial charge in [0.25, 0.3) is 11.8 Å². The van der Waals surface area contributed by atoms with Crippen molar-refractivity contribution in [1.29, 1.82) is 0 Å². The number of carbonyl (C=O) groups is 3. The second kappa shape index (κ2) is 11.8. The van der Waals surface area contributed by atoms with Crippen molar-refractivity contribution in [2.75, 3.05) is 46.2 Å². The topological polar surface area (TPSA) is 127 Å². The third-order valence-corrected chi connectivity index (χ3v) is 9.34. The smallest absolute Gasteiger partial charge is 0.264 e. The van der Waals surface area contributed by atoms with E-state index < -0.39 is 18.2 Å². The van der Waals surface area contributed by atoms with Gasteiger partial charge in [0.15, 0.2) is 0 Å². The molecule has 0 aliphatic carbocycles. The molecule has 11 nitrogen and oxygen atoms in total. The lowest BCUT2D eigenvalue weighted by Gasteiger charge is -2.46. The summed E-state index contributed by atoms with van der Waals surface area (Å²) >= 11 is 7.03. The van der Waals surface area contributed by atoms with Crippen LogP contribution in [-0.4, -0.2) is 89.7 Å². The lowest BCUT2D eigenvalue weighted by Crippen LogP contribution is -2.59. The summed E-state index contributed by atoms with van der Waals surface area (Å²) in [5.74, 6) is -0.509. The van der Waals surface area contributed by atoms with Crippen LogP contribution in [0.2, 0.25) is 5.02 Å². The number of rotatable bonds is 7. The van der Waals surface area contributed by atoms with E-state index in [1.165, 1.54) is 18.1 Å². The quantitative estimate of drug-likeness (QED) is 0.340. The molecule has 1 spiro atoms. The van der Waals surface area contributed by atoms with Gasteiger partial charge in [-0.25, -0.2) is 4.98 Å². The molecule has 1 unspecified atom stereocenters. The monoisotopic (exact) mass is 630 g/mol. The van der Waals surface area contributed by atoms with Crippen LogP contribution in [0.1, 0.15) is 17.5 Å². The van der Waals surface area contributed by atoms with E-state index in [1.807, 2.05) is 49.4 Å². The first-order valence-electron chi connectivity index (χ1n) is 14.7. The Hall–Kier alpha value is -4.45. The van der Waals surface area contributed by atoms with Crippen molar-refractivity contribution < 1.29 is 24.2 Å². The molecule has 4 heterocycles. The number of pyridine rings is 1. The Balaban J connectivity index is 1.24. The number of methoxy groups -OCH3 is 1. The second-order valence-electron chi connectivity index (χ2n) is 11.9. The van der Waals surface area contributed by atoms with Crippen LogP contribution < -0.4 is 15.4 Å². The number of nitrogens with zero attached hydrogens (tertiary/aromatic N) is 4. The van der Waals surface area contributed by atoms with Crippen molar-refractivity contribution in [2.45, 2.75) is 26.2 Å². The Labute approximate surface area is 266 Å². The van der Waals surface area contributed by atoms with Crippen LogP contribution in [0.4, 0.5) is 5.69 Å². The zero-order valence-corrected chi connectivity index (χ0v) is 26.3. The largest absolute Gasteiger partial charge is 0.481 e. The summed E-state index contributed by atoms with van der Waals surface area (Å²) < 4.78 is 5.67. The highest BCUT2D eigenvalue weighted by Crippen LogP contribution is 2.41. The number of benzene rings is 2. The van der Waals surface area contributed by atoms with E-state index in [9.17, 15) is 19.5 Å². The van der Waals surface area contributed by atoms with Crippen LogP contribution in [0.5, 0.6) is 5.88 Å². The lowest BCUT2D eigenvalue weighted by molar-refractivity contribution is -0.149. The van der Waals surface area contributed by atoms with Crippen LogP contribution in [-0.2, 0) is 20.9 Å². The molecule has 234 valence electrons. The fourth-order valence-corrected chi connectivity index (χ4v) is 6.66. The molecule has 2 aromatic carbocycles. The maximum absolute atomic E-state index is 13.1. The maximum atomic E-state index is 13.1. The molecule has 6 rings (SSSR count). The van der Waals surface area contributed by atoms with E-state index in [1.54, 1.807) is 20.2 Å². The number of aromatic nitrogens is 1. The minimum absolute atomic E-state index is 0.0868. The molecule has 0 radical (unpaired) electrons. The van der Waals surface area contributed by atoms with E-state index in [4.69, 9.17) is 21.3 Å². The highest BCUT2D eigenvalue weighted by Gasteiger charge is 2.51. The van der Waals surface area contributed by atoms with Gasteiger partial charge in [0.1, 0.15) is 5.57 Å². The number of amides is 3. The molecule has 2 fully saturated rings. The van der Waals surface area contributed by atoms with Crippen molar-refractivity contribution in [2.24, 2.45) is 5.41 Å². The summed E-state index contributed by atoms with van der Waals surface area (Å²) in [7, 11) is 4.60. The number of hydrogen-bond acceptors (Lipinski definition) is 8. The van der Waals surface area contributed by atoms with Crippen molar-refractivity contribution in [3.8, 4) is 28.3 Å². The maximum Gasteiger partial charge on any atom is 0.264 e. The number of likely N-dealkylation sites (tertiary alicyclic amines) is 1. The van der Waals surface area contributed by atoms with E-state index in [-0.39, 0.29) is 16.9 Å². The molecule has 3 amide bonds. The van der Waals surface area contributed by atoms with Gasteiger partial charge >= 0.3 is 0 Å². The Morgan fingerprint density at radius 1 is 1.11 bits per heavy atom. The highest BCUT2D eigenvalue weighted by molar-refractivity contribution is 6.36. The first kappa shape index (κ1) is 30.6. The molecule has 0 saturated carbocycles. The number of anilines is 1. The molecule has 45 heavy (non-hydrogen) atoms. The molecule has 1 atom stereocenters. The van der Waals surface area contributed by atoms with Crippen molar-refractivity contribution in [3.05, 3.63) is 76.5 Å². The molecular formula is C33H35ClN6O5. The predicted molar refractivity (Wildman–Crippen MR) is 170 cm³/mol. The minimum Gasteiger partial charge on any atom is -0.481 e. The fourth-order valence-electron chi connectivity index (χ4n) is 6.34. The number of halogens is 1. The Bertz CT molecular complexity index is 1740. The molecule has 12 heteroatoms. The number of likely N-dealkylation sites (N-methyl/N-ethyl adjacent to an activating group) is 1. The first-order valence-corrected chi connectivity index (χ1v) is 15.0. The summed E-state index contributed by atoms with van der Waals surface area (Å²) in [4.78, 5) is 47.5. The van der Waals surface area contributed by atoms with Crippen molar-refractivity contribution in [3.63, 3.8) is 0 Å². The third-order valence-electron chi connectivity index (χ3n) is 8.94. The Morgan fingerprint density at radius 2 is 1.82 bits per heavy atom. The van der Waals surface area contributed by atoms with Gasteiger partial charge in [-0.05, 0) is 36.6 Å². The molecule has 2 saturated heterocycles. The van der Waals surface area contributed by atoms with Gasteiger partial charge in [-0.1, -0.05) is 48.0 Å². The van der Waals surface area contributed by atoms with Crippen LogP contribution in [0.3, 0.4) is 0 Å². The first-order chi connectivity index (χ1) is 21.5. The zero-order valence-electron chi connectivity index (χ0n) is 25.6. The van der Waals surface area contributed by atoms with Gasteiger partial charge in [-0.2, -0.15) is 0 Å². The number of nitrogens with one attached hydrogen (secondary N) is 2. The number of carbonyl (C=O) groups excluding carboxylic acids is 3. The molecule has 3 aromatic rings. The van der Waals surface area contributed by atoms with E-state index in [0.717, 1.165) is 58.8 Å². The predicted octanol–water partition coefficient (Wildman–Crippen LogP) is 3.21. The van der Waals surface area contributed by atoms with E-state index in [2.05, 4.69) is 15.5 Å². The van der Waals surface area contributed by atoms with Gasteiger partial charge in [-0.15, -0.1) is 0 Å². The number of hydrogen-bond donors (Lipinski definition) is 3. The summed E-state index contributed by atoms with van der Waals surface area (Å²) in [5.41, 5.74) is 4.81. The molecule has 3 aliphatic heterocycles. The average Bonchev–Trinajstić information content (AvgIpc) is 3.40. The Morgan fingerprint density at radius 3 is 2.53 bits per heavy atom. The number of aliphatic hydroxyl groups is 1. The molecule has 1 aromatic heterocycles. The SMILES string of the molecule is COc1nc(-c2cccc(-c3cccc(NC(=O)C4=CN(C)C(O)N(C)C4=O)c3C)c2Cl)ccc1CN1CC2(CCNC2=O)C1. The molecule has 3 N–H and O–H groups in total. The van der Waals surface area contributed by atoms with Crippen molar-refractivity contribution >= 4 is 35.0 Å². The fraction of sp³-hybridized carbons (Fsp3) is 0.333. The van der Waals surface area contributed by atoms with E-state index >= 15 is 0 Å². The number of aliphatic hydroxyl groups excluding tert-OH is 1. The average molecular weight is 631 g/mol. The van der Waals surface area contributed by atoms with Gasteiger partial charge in [0.05, 0.1) is 23.2 Å². The summed E-state index contributed by atoms with van der Waals surface area (Å²) in [5, 5.41) is 16.4. The third kappa shape index (κ3) is 5.41. The standard InChI is InChI=1S/C33H35ClN6O5/c1-19-21(7-6-10-25(19)36-28(41)24-16-38(2)32(44)39(3)30(24)42)22-8-5-9-23(27(22)34)26-12-11-20(29(37-26)45-4)15-40-17-33(18-40)13-14-35-31(33)43/h5-12,16,32,44H,13-15,17-18H2,1-4H3,(H,35,43)(H,36,41). The summed E-state index contributed by atoms with van der Waals surface area (Å²) in [6, 6.07) is 15.1. The second-order valence-corrected chi connectivity index (χ2v) is 12.2. The van der Waals surface area contributed by atoms with Gasteiger partial charge < -0.3 is 25.4 Å². The minimum atomic E-state index is -1.14. The lowest BCUT2D eigenvalue weighted by atomic mass is 9.78. The van der Waals surface area contributed by atoms with Gasteiger partial charge in [0.2, 0.25) is 18.1 Å². The zero-order chi connectivity index (χ0) is 32.0. The normalized spacial score (nSPS) is 19.3. The summed E-state index contributed by atoms with van der Waals surface area (Å²) in [6.45, 7) is 4.69. The molecule has 3 aliphatic rings. The van der Waals surface area contributed by atoms with Crippen LogP contribution in [0.25, 0.3) is 22.4 Å². The Kier molecular flexibility index (Phi) is 8.02. The van der Waals surface area contributed by atoms with Crippen LogP contribution >= 0.6 is 11.6 Å². The van der Waals surface area contributed by atoms with Crippen LogP contribution in [0, 0.1) is 12.3 Å².